The largest absolute Gasteiger partial charge is 0.481 e. The van der Waals surface area contributed by atoms with Crippen LogP contribution >= 0.6 is 0 Å². The maximum absolute atomic E-state index is 13.1. The van der Waals surface area contributed by atoms with Crippen LogP contribution in [0.3, 0.4) is 0 Å². The van der Waals surface area contributed by atoms with Crippen molar-refractivity contribution >= 4 is 47.4 Å². The number of aliphatic hydroxyl groups excluding tert-OH is 1. The highest BCUT2D eigenvalue weighted by Crippen LogP contribution is 2.19. The van der Waals surface area contributed by atoms with Gasteiger partial charge in [0.05, 0.1) is 19.1 Å². The number of carboxylic acid groups (broad SMARTS) is 2. The second kappa shape index (κ2) is 16.8. The van der Waals surface area contributed by atoms with Crippen molar-refractivity contribution in [2.45, 2.75) is 76.2 Å². The van der Waals surface area contributed by atoms with Crippen molar-refractivity contribution < 1.29 is 53.7 Å². The minimum Gasteiger partial charge on any atom is -0.481 e. The Labute approximate surface area is 240 Å². The number of carboxylic acids is 2. The summed E-state index contributed by atoms with van der Waals surface area (Å²) in [5.41, 5.74) is 10.7. The second-order valence-corrected chi connectivity index (χ2v) is 10.0. The minimum atomic E-state index is -1.67. The molecule has 1 saturated heterocycles. The summed E-state index contributed by atoms with van der Waals surface area (Å²) in [6.45, 7) is 1.60. The van der Waals surface area contributed by atoms with Gasteiger partial charge in [0.25, 0.3) is 0 Å². The van der Waals surface area contributed by atoms with E-state index in [2.05, 4.69) is 21.3 Å². The molecule has 18 nitrogen and oxygen atoms in total. The number of likely N-dealkylation sites (tertiary alicyclic amines) is 1. The molecule has 0 radical (unpaired) electrons. The molecule has 1 aliphatic rings. The SMILES string of the molecule is CC(C)[C@H](NC(=O)[C@H](CC(=O)O)NC(=O)[C@@H]1CCCN1C(=O)[C@H](CO)NC(=O)[C@@H](N)CCC(N)=O)C(=O)NCC(=O)O. The van der Waals surface area contributed by atoms with Gasteiger partial charge in [-0.25, -0.2) is 0 Å². The van der Waals surface area contributed by atoms with Gasteiger partial charge in [-0.05, 0) is 25.2 Å². The van der Waals surface area contributed by atoms with Crippen molar-refractivity contribution in [3.8, 4) is 0 Å². The van der Waals surface area contributed by atoms with E-state index in [0.29, 0.717) is 6.42 Å². The Bertz CT molecular complexity index is 1050. The fraction of sp³-hybridized carbons (Fsp3) is 0.667. The van der Waals surface area contributed by atoms with Crippen molar-refractivity contribution in [2.75, 3.05) is 19.7 Å². The monoisotopic (exact) mass is 601 g/mol. The number of nitrogens with zero attached hydrogens (tertiary/aromatic N) is 1. The standard InChI is InChI=1S/C24H39N7O11/c1-11(2)19(23(41)27-9-18(36)37)30-21(39)13(8-17(34)35)28-22(40)15-4-3-7-31(15)24(42)14(10-32)29-20(38)12(25)5-6-16(26)33/h11-15,19,32H,3-10,25H2,1-2H3,(H2,26,33)(H,27,41)(H,28,40)(H,29,38)(H,30,39)(H,34,35)(H,36,37)/t12-,13-,14-,15-,19-/m0/s1. The smallest absolute Gasteiger partial charge is 0.322 e. The molecule has 6 amide bonds. The van der Waals surface area contributed by atoms with Gasteiger partial charge >= 0.3 is 11.9 Å². The fourth-order valence-electron chi connectivity index (χ4n) is 4.11. The molecule has 0 unspecified atom stereocenters. The van der Waals surface area contributed by atoms with Crippen molar-refractivity contribution in [1.29, 1.82) is 0 Å². The second-order valence-electron chi connectivity index (χ2n) is 10.0. The lowest BCUT2D eigenvalue weighted by Crippen LogP contribution is -2.59. The van der Waals surface area contributed by atoms with Gasteiger partial charge in [0.1, 0.15) is 30.7 Å². The molecule has 1 rings (SSSR count). The van der Waals surface area contributed by atoms with E-state index >= 15 is 0 Å². The lowest BCUT2D eigenvalue weighted by molar-refractivity contribution is -0.144. The highest BCUT2D eigenvalue weighted by atomic mass is 16.4. The molecule has 0 saturated carbocycles. The van der Waals surface area contributed by atoms with Gasteiger partial charge in [-0.3, -0.25) is 38.4 Å². The van der Waals surface area contributed by atoms with E-state index in [9.17, 15) is 48.6 Å². The van der Waals surface area contributed by atoms with Crippen LogP contribution in [0.5, 0.6) is 0 Å². The van der Waals surface area contributed by atoms with Crippen LogP contribution in [-0.4, -0.2) is 118 Å². The summed E-state index contributed by atoms with van der Waals surface area (Å²) in [5.74, 6) is -8.43. The van der Waals surface area contributed by atoms with Crippen molar-refractivity contribution in [3.05, 3.63) is 0 Å². The van der Waals surface area contributed by atoms with E-state index in [4.69, 9.17) is 16.6 Å². The van der Waals surface area contributed by atoms with Crippen LogP contribution in [0.4, 0.5) is 0 Å². The Balaban J connectivity index is 2.99. The van der Waals surface area contributed by atoms with E-state index in [-0.39, 0.29) is 25.8 Å². The molecular weight excluding hydrogens is 562 g/mol. The zero-order chi connectivity index (χ0) is 32.1. The number of carbonyl (C=O) groups excluding carboxylic acids is 6. The Kier molecular flexibility index (Phi) is 14.3. The van der Waals surface area contributed by atoms with Crippen molar-refractivity contribution in [3.63, 3.8) is 0 Å². The van der Waals surface area contributed by atoms with Gasteiger partial charge in [0.15, 0.2) is 0 Å². The first-order valence-electron chi connectivity index (χ1n) is 13.2. The van der Waals surface area contributed by atoms with Crippen LogP contribution in [0.15, 0.2) is 0 Å². The normalized spacial score (nSPS) is 17.4. The number of hydrogen-bond donors (Lipinski definition) is 9. The summed E-state index contributed by atoms with van der Waals surface area (Å²) < 4.78 is 0. The first-order valence-corrected chi connectivity index (χ1v) is 13.2. The molecule has 1 heterocycles. The average molecular weight is 602 g/mol. The minimum absolute atomic E-state index is 0.0476. The maximum Gasteiger partial charge on any atom is 0.322 e. The first-order chi connectivity index (χ1) is 19.6. The number of nitrogens with one attached hydrogen (secondary N) is 4. The molecule has 236 valence electrons. The Morgan fingerprint density at radius 1 is 0.905 bits per heavy atom. The Morgan fingerprint density at radius 2 is 1.55 bits per heavy atom. The van der Waals surface area contributed by atoms with Gasteiger partial charge in [-0.15, -0.1) is 0 Å². The summed E-state index contributed by atoms with van der Waals surface area (Å²) in [5, 5.41) is 36.8. The third kappa shape index (κ3) is 11.3. The summed E-state index contributed by atoms with van der Waals surface area (Å²) in [6.07, 6.45) is -0.707. The van der Waals surface area contributed by atoms with E-state index in [1.165, 1.54) is 0 Å². The zero-order valence-corrected chi connectivity index (χ0v) is 23.3. The van der Waals surface area contributed by atoms with Crippen LogP contribution in [0.2, 0.25) is 0 Å². The summed E-state index contributed by atoms with van der Waals surface area (Å²) in [7, 11) is 0. The molecule has 1 fully saturated rings. The summed E-state index contributed by atoms with van der Waals surface area (Å²) >= 11 is 0. The van der Waals surface area contributed by atoms with Gasteiger partial charge in [-0.1, -0.05) is 13.8 Å². The predicted molar refractivity (Wildman–Crippen MR) is 142 cm³/mol. The van der Waals surface area contributed by atoms with Gasteiger partial charge in [0, 0.05) is 13.0 Å². The maximum atomic E-state index is 13.1. The van der Waals surface area contributed by atoms with Gasteiger partial charge in [-0.2, -0.15) is 0 Å². The topological polar surface area (TPSA) is 301 Å². The van der Waals surface area contributed by atoms with E-state index in [1.807, 2.05) is 0 Å². The highest BCUT2D eigenvalue weighted by Gasteiger charge is 2.40. The van der Waals surface area contributed by atoms with Gasteiger partial charge in [0.2, 0.25) is 35.4 Å². The molecule has 0 aliphatic carbocycles. The molecular formula is C24H39N7O11. The van der Waals surface area contributed by atoms with E-state index in [1.54, 1.807) is 13.8 Å². The number of carbonyl (C=O) groups is 8. The van der Waals surface area contributed by atoms with Gasteiger partial charge < -0.3 is 53.0 Å². The number of rotatable bonds is 17. The zero-order valence-electron chi connectivity index (χ0n) is 23.3. The molecule has 0 aromatic heterocycles. The highest BCUT2D eigenvalue weighted by molar-refractivity contribution is 5.97. The molecule has 1 aliphatic heterocycles. The molecule has 0 bridgehead atoms. The number of nitrogens with two attached hydrogens (primary N) is 2. The molecule has 42 heavy (non-hydrogen) atoms. The van der Waals surface area contributed by atoms with Crippen LogP contribution in [0, 0.1) is 5.92 Å². The molecule has 5 atom stereocenters. The number of aliphatic hydroxyl groups is 1. The lowest BCUT2D eigenvalue weighted by atomic mass is 10.0. The average Bonchev–Trinajstić information content (AvgIpc) is 3.40. The number of primary amides is 1. The van der Waals surface area contributed by atoms with Crippen LogP contribution < -0.4 is 32.7 Å². The lowest BCUT2D eigenvalue weighted by Gasteiger charge is -2.30. The third-order valence-corrected chi connectivity index (χ3v) is 6.35. The molecule has 0 spiro atoms. The first kappa shape index (κ1) is 35.7. The Hall–Kier alpha value is -4.32. The molecule has 18 heteroatoms. The predicted octanol–water partition coefficient (Wildman–Crippen LogP) is -4.65. The number of amides is 6. The van der Waals surface area contributed by atoms with E-state index in [0.717, 1.165) is 4.90 Å². The van der Waals surface area contributed by atoms with E-state index < -0.39 is 103 Å². The quantitative estimate of drug-likeness (QED) is 0.0760. The van der Waals surface area contributed by atoms with Crippen molar-refractivity contribution in [1.82, 2.24) is 26.2 Å². The fourth-order valence-corrected chi connectivity index (χ4v) is 4.11. The van der Waals surface area contributed by atoms with Crippen LogP contribution in [0.25, 0.3) is 0 Å². The molecule has 0 aromatic carbocycles. The Morgan fingerprint density at radius 3 is 2.07 bits per heavy atom. The summed E-state index contributed by atoms with van der Waals surface area (Å²) in [6, 6.07) is -6.79. The van der Waals surface area contributed by atoms with Crippen LogP contribution in [-0.2, 0) is 38.4 Å². The molecule has 11 N–H and O–H groups in total. The number of aliphatic carboxylic acids is 2. The van der Waals surface area contributed by atoms with Crippen LogP contribution in [0.1, 0.15) is 46.0 Å². The molecule has 0 aromatic rings. The third-order valence-electron chi connectivity index (χ3n) is 6.35. The van der Waals surface area contributed by atoms with Crippen molar-refractivity contribution in [2.24, 2.45) is 17.4 Å². The number of hydrogen-bond acceptors (Lipinski definition) is 10. The summed E-state index contributed by atoms with van der Waals surface area (Å²) in [4.78, 5) is 98.1.